The number of fused-ring (bicyclic) bond motifs is 1. The van der Waals surface area contributed by atoms with Gasteiger partial charge < -0.3 is 0 Å². The highest BCUT2D eigenvalue weighted by atomic mass is 32.2. The lowest BCUT2D eigenvalue weighted by Gasteiger charge is -2.00. The molecule has 0 aliphatic carbocycles. The van der Waals surface area contributed by atoms with Crippen molar-refractivity contribution < 1.29 is 0 Å². The molecule has 0 unspecified atom stereocenters. The fourth-order valence-electron chi connectivity index (χ4n) is 1.69. The van der Waals surface area contributed by atoms with Gasteiger partial charge in [-0.3, -0.25) is 4.40 Å². The smallest absolute Gasteiger partial charge is 0.195 e. The average Bonchev–Trinajstić information content (AvgIpc) is 2.89. The van der Waals surface area contributed by atoms with Gasteiger partial charge in [0.15, 0.2) is 10.8 Å². The first-order chi connectivity index (χ1) is 9.36. The van der Waals surface area contributed by atoms with Gasteiger partial charge in [-0.15, -0.1) is 10.2 Å². The summed E-state index contributed by atoms with van der Waals surface area (Å²) in [6.07, 6.45) is 3.58. The van der Waals surface area contributed by atoms with Gasteiger partial charge in [0.25, 0.3) is 0 Å². The topological polar surface area (TPSA) is 66.9 Å². The summed E-state index contributed by atoms with van der Waals surface area (Å²) in [4.78, 5) is 3.95. The molecule has 0 fully saturated rings. The molecular weight excluding hydrogens is 258 g/mol. The molecule has 92 valence electrons. The maximum absolute atomic E-state index is 8.81. The van der Waals surface area contributed by atoms with E-state index >= 15 is 0 Å². The maximum Gasteiger partial charge on any atom is 0.195 e. The first-order valence-electron chi connectivity index (χ1n) is 5.64. The second-order valence-corrected chi connectivity index (χ2v) is 4.80. The van der Waals surface area contributed by atoms with Gasteiger partial charge in [0.1, 0.15) is 11.8 Å². The summed E-state index contributed by atoms with van der Waals surface area (Å²) < 4.78 is 1.94. The Morgan fingerprint density at radius 2 is 2.21 bits per heavy atom. The van der Waals surface area contributed by atoms with Crippen molar-refractivity contribution in [1.82, 2.24) is 19.6 Å². The normalized spacial score (nSPS) is 10.5. The average molecular weight is 267 g/mol. The number of pyridine rings is 2. The second-order valence-electron chi connectivity index (χ2n) is 3.86. The number of nitrogens with zero attached hydrogens (tertiary/aromatic N) is 5. The van der Waals surface area contributed by atoms with Crippen molar-refractivity contribution in [3.63, 3.8) is 0 Å². The molecule has 3 rings (SSSR count). The number of hydrogen-bond acceptors (Lipinski definition) is 5. The van der Waals surface area contributed by atoms with Crippen molar-refractivity contribution in [3.05, 3.63) is 54.0 Å². The van der Waals surface area contributed by atoms with Gasteiger partial charge in [-0.05, 0) is 29.8 Å². The van der Waals surface area contributed by atoms with Crippen LogP contribution in [-0.4, -0.2) is 19.6 Å². The van der Waals surface area contributed by atoms with Crippen LogP contribution in [0.15, 0.2) is 47.9 Å². The number of aromatic nitrogens is 4. The zero-order valence-corrected chi connectivity index (χ0v) is 10.7. The lowest BCUT2D eigenvalue weighted by molar-refractivity contribution is 0.921. The summed E-state index contributed by atoms with van der Waals surface area (Å²) in [7, 11) is 0. The Morgan fingerprint density at radius 1 is 1.26 bits per heavy atom. The molecule has 0 saturated heterocycles. The van der Waals surface area contributed by atoms with Crippen LogP contribution in [0.25, 0.3) is 5.65 Å². The Hall–Kier alpha value is -2.39. The first-order valence-corrected chi connectivity index (χ1v) is 6.63. The van der Waals surface area contributed by atoms with E-state index in [0.717, 1.165) is 22.1 Å². The Labute approximate surface area is 113 Å². The van der Waals surface area contributed by atoms with Crippen LogP contribution in [0.4, 0.5) is 0 Å². The predicted octanol–water partition coefficient (Wildman–Crippen LogP) is 2.29. The fraction of sp³-hybridized carbons (Fsp3) is 0.0769. The second kappa shape index (κ2) is 5.08. The van der Waals surface area contributed by atoms with Crippen LogP contribution in [0.5, 0.6) is 0 Å². The van der Waals surface area contributed by atoms with E-state index in [1.54, 1.807) is 24.0 Å². The molecule has 0 aliphatic rings. The van der Waals surface area contributed by atoms with Crippen LogP contribution in [0.2, 0.25) is 0 Å². The van der Waals surface area contributed by atoms with Crippen molar-refractivity contribution in [1.29, 1.82) is 5.26 Å². The van der Waals surface area contributed by atoms with Crippen molar-refractivity contribution in [3.8, 4) is 6.07 Å². The van der Waals surface area contributed by atoms with E-state index in [4.69, 9.17) is 5.26 Å². The standard InChI is InChI=1S/C13H9N5S/c14-8-11-7-10(4-5-15-11)9-19-13-17-16-12-3-1-2-6-18(12)13/h1-7H,9H2. The molecule has 5 nitrogen and oxygen atoms in total. The summed E-state index contributed by atoms with van der Waals surface area (Å²) in [6, 6.07) is 11.5. The first kappa shape index (κ1) is 11.7. The maximum atomic E-state index is 8.81. The summed E-state index contributed by atoms with van der Waals surface area (Å²) in [5.41, 5.74) is 2.31. The quantitative estimate of drug-likeness (QED) is 0.681. The van der Waals surface area contributed by atoms with E-state index in [0.29, 0.717) is 5.69 Å². The Morgan fingerprint density at radius 3 is 3.11 bits per heavy atom. The molecule has 0 aliphatic heterocycles. The molecule has 3 aromatic heterocycles. The summed E-state index contributed by atoms with van der Waals surface area (Å²) in [5, 5.41) is 17.9. The van der Waals surface area contributed by atoms with Crippen molar-refractivity contribution in [2.45, 2.75) is 10.9 Å². The molecule has 0 spiro atoms. The van der Waals surface area contributed by atoms with Gasteiger partial charge in [-0.2, -0.15) is 5.26 Å². The van der Waals surface area contributed by atoms with Gasteiger partial charge in [-0.25, -0.2) is 4.98 Å². The molecule has 0 bridgehead atoms. The summed E-state index contributed by atoms with van der Waals surface area (Å²) in [6.45, 7) is 0. The third-order valence-electron chi connectivity index (χ3n) is 2.59. The molecular formula is C13H9N5S. The van der Waals surface area contributed by atoms with Crippen LogP contribution >= 0.6 is 11.8 Å². The Balaban J connectivity index is 1.81. The third kappa shape index (κ3) is 2.41. The van der Waals surface area contributed by atoms with Crippen molar-refractivity contribution in [2.75, 3.05) is 0 Å². The number of nitriles is 1. The van der Waals surface area contributed by atoms with E-state index in [1.165, 1.54) is 0 Å². The molecule has 0 N–H and O–H groups in total. The number of rotatable bonds is 3. The van der Waals surface area contributed by atoms with E-state index in [-0.39, 0.29) is 0 Å². The summed E-state index contributed by atoms with van der Waals surface area (Å²) in [5.74, 6) is 0.729. The molecule has 3 heterocycles. The fourth-order valence-corrected chi connectivity index (χ4v) is 2.56. The van der Waals surface area contributed by atoms with Gasteiger partial charge in [-0.1, -0.05) is 17.8 Å². The highest BCUT2D eigenvalue weighted by Crippen LogP contribution is 2.21. The molecule has 3 aromatic rings. The molecule has 19 heavy (non-hydrogen) atoms. The minimum Gasteiger partial charge on any atom is -0.277 e. The monoisotopic (exact) mass is 267 g/mol. The minimum absolute atomic E-state index is 0.434. The van der Waals surface area contributed by atoms with E-state index in [9.17, 15) is 0 Å². The van der Waals surface area contributed by atoms with Crippen LogP contribution in [0.1, 0.15) is 11.3 Å². The number of thioether (sulfide) groups is 1. The molecule has 0 radical (unpaired) electrons. The largest absolute Gasteiger partial charge is 0.277 e. The minimum atomic E-state index is 0.434. The lowest BCUT2D eigenvalue weighted by Crippen LogP contribution is -1.89. The van der Waals surface area contributed by atoms with E-state index < -0.39 is 0 Å². The van der Waals surface area contributed by atoms with Gasteiger partial charge >= 0.3 is 0 Å². The molecule has 0 atom stereocenters. The SMILES string of the molecule is N#Cc1cc(CSc2nnc3ccccn23)ccn1. The summed E-state index contributed by atoms with van der Waals surface area (Å²) >= 11 is 1.58. The molecule has 6 heteroatoms. The zero-order chi connectivity index (χ0) is 13.1. The van der Waals surface area contributed by atoms with Crippen LogP contribution in [-0.2, 0) is 5.75 Å². The predicted molar refractivity (Wildman–Crippen MR) is 71.5 cm³/mol. The highest BCUT2D eigenvalue weighted by Gasteiger charge is 2.05. The molecule has 0 amide bonds. The van der Waals surface area contributed by atoms with E-state index in [2.05, 4.69) is 15.2 Å². The third-order valence-corrected chi connectivity index (χ3v) is 3.60. The van der Waals surface area contributed by atoms with Crippen LogP contribution in [0.3, 0.4) is 0 Å². The number of hydrogen-bond donors (Lipinski definition) is 0. The van der Waals surface area contributed by atoms with Gasteiger partial charge in [0, 0.05) is 18.1 Å². The van der Waals surface area contributed by atoms with Crippen LogP contribution < -0.4 is 0 Å². The zero-order valence-electron chi connectivity index (χ0n) is 9.89. The van der Waals surface area contributed by atoms with Crippen molar-refractivity contribution >= 4 is 17.4 Å². The van der Waals surface area contributed by atoms with Gasteiger partial charge in [0.2, 0.25) is 0 Å². The highest BCUT2D eigenvalue weighted by molar-refractivity contribution is 7.98. The van der Waals surface area contributed by atoms with E-state index in [1.807, 2.05) is 40.9 Å². The Kier molecular flexibility index (Phi) is 3.12. The Bertz CT molecular complexity index is 759. The van der Waals surface area contributed by atoms with Crippen molar-refractivity contribution in [2.24, 2.45) is 0 Å². The van der Waals surface area contributed by atoms with Gasteiger partial charge in [0.05, 0.1) is 0 Å². The molecule has 0 aromatic carbocycles. The van der Waals surface area contributed by atoms with Crippen LogP contribution in [0, 0.1) is 11.3 Å². The lowest BCUT2D eigenvalue weighted by atomic mass is 10.2. The molecule has 0 saturated carbocycles.